The van der Waals surface area contributed by atoms with E-state index in [1.165, 1.54) is 6.33 Å². The number of rotatable bonds is 0. The molecule has 0 bridgehead atoms. The summed E-state index contributed by atoms with van der Waals surface area (Å²) in [5.74, 6) is -0.785. The first-order chi connectivity index (χ1) is 5.27. The number of fused-ring (bicyclic) bond motifs is 1. The lowest BCUT2D eigenvalue weighted by molar-refractivity contribution is 0.593. The lowest BCUT2D eigenvalue weighted by atomic mass is 10.5. The van der Waals surface area contributed by atoms with Gasteiger partial charge < -0.3 is 10.7 Å². The molecule has 2 aromatic rings. The molecule has 0 fully saturated rings. The maximum Gasteiger partial charge on any atom is 0.243 e. The third-order valence-corrected chi connectivity index (χ3v) is 1.26. The Kier molecular flexibility index (Phi) is 1.03. The third-order valence-electron chi connectivity index (χ3n) is 1.26. The number of nitrogens with one attached hydrogen (secondary N) is 1. The van der Waals surface area contributed by atoms with Crippen molar-refractivity contribution in [2.75, 3.05) is 5.73 Å². The van der Waals surface area contributed by atoms with Crippen LogP contribution in [0.5, 0.6) is 0 Å². The molecule has 0 aliphatic heterocycles. The molecule has 5 nitrogen and oxygen atoms in total. The van der Waals surface area contributed by atoms with E-state index in [4.69, 9.17) is 5.73 Å². The quantitative estimate of drug-likeness (QED) is 0.525. The van der Waals surface area contributed by atoms with Crippen molar-refractivity contribution in [1.29, 1.82) is 0 Å². The number of halogens is 1. The third kappa shape index (κ3) is 0.794. The Balaban J connectivity index is 2.91. The van der Waals surface area contributed by atoms with Crippen LogP contribution in [0.25, 0.3) is 11.2 Å². The summed E-state index contributed by atoms with van der Waals surface area (Å²) >= 11 is 0. The number of nitrogens with two attached hydrogens (primary N) is 1. The van der Waals surface area contributed by atoms with Crippen molar-refractivity contribution in [2.24, 2.45) is 0 Å². The molecule has 0 atom stereocenters. The first kappa shape index (κ1) is 6.02. The number of hydrogen-bond donors (Lipinski definition) is 2. The van der Waals surface area contributed by atoms with Gasteiger partial charge in [0.15, 0.2) is 5.65 Å². The molecule has 6 heteroatoms. The van der Waals surface area contributed by atoms with Gasteiger partial charge in [0, 0.05) is 0 Å². The molecule has 0 aromatic carbocycles. The molecular weight excluding hydrogens is 149 g/mol. The Labute approximate surface area is 60.5 Å². The predicted octanol–water partition coefficient (Wildman–Crippen LogP) is 0.0742. The highest BCUT2D eigenvalue weighted by atomic mass is 19.1. The van der Waals surface area contributed by atoms with Crippen LogP contribution in [0, 0.1) is 5.95 Å². The highest BCUT2D eigenvalue weighted by Gasteiger charge is 2.05. The van der Waals surface area contributed by atoms with Gasteiger partial charge in [0.05, 0.1) is 6.33 Å². The highest BCUT2D eigenvalue weighted by Crippen LogP contribution is 2.09. The van der Waals surface area contributed by atoms with E-state index in [0.717, 1.165) is 0 Å². The van der Waals surface area contributed by atoms with E-state index in [1.54, 1.807) is 0 Å². The fourth-order valence-corrected chi connectivity index (χ4v) is 0.814. The molecule has 0 aliphatic rings. The van der Waals surface area contributed by atoms with Gasteiger partial charge in [0.1, 0.15) is 5.52 Å². The van der Waals surface area contributed by atoms with E-state index >= 15 is 0 Å². The van der Waals surface area contributed by atoms with E-state index < -0.39 is 5.95 Å². The fourth-order valence-electron chi connectivity index (χ4n) is 0.814. The smallest absolute Gasteiger partial charge is 0.243 e. The number of hydrogen-bond acceptors (Lipinski definition) is 4. The van der Waals surface area contributed by atoms with E-state index in [-0.39, 0.29) is 17.1 Å². The van der Waals surface area contributed by atoms with Crippen LogP contribution in [-0.4, -0.2) is 19.9 Å². The molecular formula is C5H4FN5. The number of H-pyrrole nitrogens is 1. The largest absolute Gasteiger partial charge is 0.368 e. The second-order valence-corrected chi connectivity index (χ2v) is 1.97. The molecule has 0 spiro atoms. The summed E-state index contributed by atoms with van der Waals surface area (Å²) in [6.45, 7) is 0. The molecule has 11 heavy (non-hydrogen) atoms. The zero-order chi connectivity index (χ0) is 7.84. The summed E-state index contributed by atoms with van der Waals surface area (Å²) in [5.41, 5.74) is 5.59. The number of anilines is 1. The molecule has 2 aromatic heterocycles. The van der Waals surface area contributed by atoms with E-state index in [1.807, 2.05) is 0 Å². The average molecular weight is 153 g/mol. The van der Waals surface area contributed by atoms with Crippen LogP contribution in [0.2, 0.25) is 0 Å². The normalized spacial score (nSPS) is 10.6. The van der Waals surface area contributed by atoms with Gasteiger partial charge in [-0.15, -0.1) is 0 Å². The average Bonchev–Trinajstić information content (AvgIpc) is 2.34. The molecule has 0 unspecified atom stereocenters. The van der Waals surface area contributed by atoms with Crippen molar-refractivity contribution in [3.8, 4) is 0 Å². The van der Waals surface area contributed by atoms with Crippen molar-refractivity contribution in [2.45, 2.75) is 0 Å². The van der Waals surface area contributed by atoms with Gasteiger partial charge in [-0.2, -0.15) is 14.4 Å². The van der Waals surface area contributed by atoms with Gasteiger partial charge in [0.2, 0.25) is 11.9 Å². The minimum absolute atomic E-state index is 0.109. The van der Waals surface area contributed by atoms with Crippen LogP contribution in [0.15, 0.2) is 6.33 Å². The maximum absolute atomic E-state index is 12.8. The predicted molar refractivity (Wildman–Crippen MR) is 36.1 cm³/mol. The molecule has 0 amide bonds. The Morgan fingerprint density at radius 3 is 3.09 bits per heavy atom. The van der Waals surface area contributed by atoms with Crippen molar-refractivity contribution in [3.05, 3.63) is 12.3 Å². The van der Waals surface area contributed by atoms with Gasteiger partial charge in [-0.1, -0.05) is 0 Å². The molecule has 0 saturated heterocycles. The Bertz CT molecular complexity index is 395. The summed E-state index contributed by atoms with van der Waals surface area (Å²) in [4.78, 5) is 13.2. The molecule has 0 aliphatic carbocycles. The second-order valence-electron chi connectivity index (χ2n) is 1.97. The Hall–Kier alpha value is -1.72. The molecule has 3 N–H and O–H groups in total. The van der Waals surface area contributed by atoms with Gasteiger partial charge in [0.25, 0.3) is 0 Å². The minimum Gasteiger partial charge on any atom is -0.368 e. The Morgan fingerprint density at radius 1 is 1.45 bits per heavy atom. The SMILES string of the molecule is Nc1nc(F)c2[nH]cnc2n1. The maximum atomic E-state index is 12.8. The van der Waals surface area contributed by atoms with Crippen LogP contribution in [0.4, 0.5) is 10.3 Å². The summed E-state index contributed by atoms with van der Waals surface area (Å²) in [5, 5.41) is 0. The summed E-state index contributed by atoms with van der Waals surface area (Å²) in [6, 6.07) is 0. The van der Waals surface area contributed by atoms with Crippen molar-refractivity contribution >= 4 is 17.1 Å². The first-order valence-corrected chi connectivity index (χ1v) is 2.89. The minimum atomic E-state index is -0.676. The van der Waals surface area contributed by atoms with E-state index in [9.17, 15) is 4.39 Å². The van der Waals surface area contributed by atoms with Gasteiger partial charge in [-0.05, 0) is 0 Å². The van der Waals surface area contributed by atoms with Crippen LogP contribution in [0.3, 0.4) is 0 Å². The lowest BCUT2D eigenvalue weighted by Gasteiger charge is -1.91. The zero-order valence-electron chi connectivity index (χ0n) is 5.37. The summed E-state index contributed by atoms with van der Waals surface area (Å²) in [7, 11) is 0. The zero-order valence-corrected chi connectivity index (χ0v) is 5.37. The van der Waals surface area contributed by atoms with Crippen molar-refractivity contribution in [1.82, 2.24) is 19.9 Å². The van der Waals surface area contributed by atoms with Gasteiger partial charge >= 0.3 is 0 Å². The molecule has 56 valence electrons. The first-order valence-electron chi connectivity index (χ1n) is 2.89. The standard InChI is InChI=1S/C5H4FN5/c6-3-2-4(9-1-8-2)11-5(7)10-3/h1H,(H3,7,8,9,10,11). The van der Waals surface area contributed by atoms with Gasteiger partial charge in [-0.25, -0.2) is 4.98 Å². The number of nitrogen functional groups attached to an aromatic ring is 1. The second kappa shape index (κ2) is 1.88. The monoisotopic (exact) mass is 153 g/mol. The Morgan fingerprint density at radius 2 is 2.27 bits per heavy atom. The molecule has 2 rings (SSSR count). The fraction of sp³-hybridized carbons (Fsp3) is 0. The molecule has 2 heterocycles. The number of nitrogens with zero attached hydrogens (tertiary/aromatic N) is 3. The topological polar surface area (TPSA) is 80.5 Å². The van der Waals surface area contributed by atoms with Crippen LogP contribution in [-0.2, 0) is 0 Å². The number of aromatic amines is 1. The lowest BCUT2D eigenvalue weighted by Crippen LogP contribution is -1.97. The molecule has 0 saturated carbocycles. The number of imidazole rings is 1. The van der Waals surface area contributed by atoms with Crippen LogP contribution < -0.4 is 5.73 Å². The molecule has 0 radical (unpaired) electrons. The van der Waals surface area contributed by atoms with Crippen LogP contribution in [0.1, 0.15) is 0 Å². The van der Waals surface area contributed by atoms with E-state index in [0.29, 0.717) is 0 Å². The summed E-state index contributed by atoms with van der Waals surface area (Å²) in [6.07, 6.45) is 1.34. The number of aromatic nitrogens is 4. The van der Waals surface area contributed by atoms with E-state index in [2.05, 4.69) is 19.9 Å². The van der Waals surface area contributed by atoms with Crippen molar-refractivity contribution < 1.29 is 4.39 Å². The van der Waals surface area contributed by atoms with Crippen molar-refractivity contribution in [3.63, 3.8) is 0 Å². The summed E-state index contributed by atoms with van der Waals surface area (Å²) < 4.78 is 12.8. The highest BCUT2D eigenvalue weighted by molar-refractivity contribution is 5.70. The van der Waals surface area contributed by atoms with Crippen LogP contribution >= 0.6 is 0 Å². The van der Waals surface area contributed by atoms with Gasteiger partial charge in [-0.3, -0.25) is 0 Å².